The van der Waals surface area contributed by atoms with Crippen LogP contribution in [0.5, 0.6) is 0 Å². The van der Waals surface area contributed by atoms with Gasteiger partial charge in [-0.1, -0.05) is 30.4 Å². The summed E-state index contributed by atoms with van der Waals surface area (Å²) in [6.45, 7) is 3.64. The maximum Gasteiger partial charge on any atom is 0.303 e. The van der Waals surface area contributed by atoms with Crippen molar-refractivity contribution in [3.05, 3.63) is 37.0 Å². The zero-order valence-electron chi connectivity index (χ0n) is 14.7. The number of hydrogen-bond donors (Lipinski definition) is 3. The number of aliphatic carboxylic acids is 1. The predicted molar refractivity (Wildman–Crippen MR) is 97.0 cm³/mol. The fourth-order valence-corrected chi connectivity index (χ4v) is 3.08. The highest BCUT2D eigenvalue weighted by molar-refractivity contribution is 5.84. The number of Topliss-reactive ketones (excluding diaryl/α,β-unsaturated/α-hetero) is 1. The lowest BCUT2D eigenvalue weighted by molar-refractivity contribution is -0.137. The van der Waals surface area contributed by atoms with Crippen LogP contribution in [0.1, 0.15) is 51.4 Å². The highest BCUT2D eigenvalue weighted by atomic mass is 16.4. The van der Waals surface area contributed by atoms with Crippen LogP contribution in [0.4, 0.5) is 0 Å². The number of aliphatic hydroxyl groups is 2. The van der Waals surface area contributed by atoms with Gasteiger partial charge in [0.15, 0.2) is 0 Å². The van der Waals surface area contributed by atoms with E-state index in [4.69, 9.17) is 5.11 Å². The van der Waals surface area contributed by atoms with Crippen molar-refractivity contribution in [1.82, 2.24) is 0 Å². The predicted octanol–water partition coefficient (Wildman–Crippen LogP) is 3.03. The molecule has 0 aromatic carbocycles. The van der Waals surface area contributed by atoms with E-state index in [1.807, 2.05) is 18.2 Å². The SMILES string of the molecule is C=CCCC[C@H](O)C=C[C@H]1[C@H](O)CC(=O)[C@@H]1CC=CCCCC(=O)O. The molecule has 0 unspecified atom stereocenters. The van der Waals surface area contributed by atoms with Crippen LogP contribution in [0.3, 0.4) is 0 Å². The lowest BCUT2D eigenvalue weighted by Crippen LogP contribution is -2.18. The molecule has 0 heterocycles. The standard InChI is InChI=1S/C20H30O5/c1-2-3-6-9-15(21)12-13-17-16(18(22)14-19(17)23)10-7-4-5-8-11-20(24)25/h2,4,7,12-13,15-17,19,21,23H,1,3,5-6,8-11,14H2,(H,24,25)/t15-,16+,17+,19+/m0/s1. The van der Waals surface area contributed by atoms with Crippen LogP contribution in [0.25, 0.3) is 0 Å². The quantitative estimate of drug-likeness (QED) is 0.371. The molecule has 1 rings (SSSR count). The van der Waals surface area contributed by atoms with Crippen molar-refractivity contribution in [3.63, 3.8) is 0 Å². The van der Waals surface area contributed by atoms with Crippen molar-refractivity contribution < 1.29 is 24.9 Å². The Bertz CT molecular complexity index is 494. The largest absolute Gasteiger partial charge is 0.481 e. The molecule has 25 heavy (non-hydrogen) atoms. The number of ketones is 1. The Hall–Kier alpha value is -1.72. The Kier molecular flexibility index (Phi) is 10.0. The van der Waals surface area contributed by atoms with Crippen LogP contribution < -0.4 is 0 Å². The van der Waals surface area contributed by atoms with E-state index in [1.54, 1.807) is 12.2 Å². The molecule has 4 atom stereocenters. The number of carboxylic acids is 1. The van der Waals surface area contributed by atoms with E-state index in [9.17, 15) is 19.8 Å². The molecular weight excluding hydrogens is 320 g/mol. The van der Waals surface area contributed by atoms with Crippen molar-refractivity contribution in [2.45, 2.75) is 63.6 Å². The van der Waals surface area contributed by atoms with E-state index in [0.29, 0.717) is 25.7 Å². The lowest BCUT2D eigenvalue weighted by atomic mass is 9.90. The minimum atomic E-state index is -0.806. The molecule has 1 aliphatic rings. The van der Waals surface area contributed by atoms with E-state index in [1.165, 1.54) is 0 Å². The zero-order chi connectivity index (χ0) is 18.7. The van der Waals surface area contributed by atoms with Crippen molar-refractivity contribution >= 4 is 11.8 Å². The summed E-state index contributed by atoms with van der Waals surface area (Å²) in [4.78, 5) is 22.5. The average molecular weight is 350 g/mol. The summed E-state index contributed by atoms with van der Waals surface area (Å²) >= 11 is 0. The van der Waals surface area contributed by atoms with E-state index in [0.717, 1.165) is 12.8 Å². The first-order valence-electron chi connectivity index (χ1n) is 9.00. The summed E-state index contributed by atoms with van der Waals surface area (Å²) < 4.78 is 0. The van der Waals surface area contributed by atoms with Crippen LogP contribution in [-0.4, -0.2) is 39.3 Å². The fraction of sp³-hybridized carbons (Fsp3) is 0.600. The molecule has 0 bridgehead atoms. The first kappa shape index (κ1) is 21.3. The molecule has 0 amide bonds. The molecule has 0 saturated heterocycles. The molecule has 3 N–H and O–H groups in total. The minimum Gasteiger partial charge on any atom is -0.481 e. The number of carboxylic acid groups (broad SMARTS) is 1. The summed E-state index contributed by atoms with van der Waals surface area (Å²) in [7, 11) is 0. The number of carbonyl (C=O) groups excluding carboxylic acids is 1. The molecule has 0 radical (unpaired) electrons. The van der Waals surface area contributed by atoms with Gasteiger partial charge in [-0.25, -0.2) is 0 Å². The lowest BCUT2D eigenvalue weighted by Gasteiger charge is -2.16. The monoisotopic (exact) mass is 350 g/mol. The number of rotatable bonds is 12. The normalized spacial score (nSPS) is 25.0. The molecule has 0 aromatic heterocycles. The topological polar surface area (TPSA) is 94.8 Å². The van der Waals surface area contributed by atoms with Crippen molar-refractivity contribution in [3.8, 4) is 0 Å². The first-order chi connectivity index (χ1) is 12.0. The summed E-state index contributed by atoms with van der Waals surface area (Å²) in [5.41, 5.74) is 0. The van der Waals surface area contributed by atoms with Gasteiger partial charge in [0.25, 0.3) is 0 Å². The van der Waals surface area contributed by atoms with Crippen LogP contribution >= 0.6 is 0 Å². The van der Waals surface area contributed by atoms with Crippen LogP contribution in [-0.2, 0) is 9.59 Å². The van der Waals surface area contributed by atoms with Gasteiger partial charge in [-0.3, -0.25) is 9.59 Å². The summed E-state index contributed by atoms with van der Waals surface area (Å²) in [5, 5.41) is 28.6. The van der Waals surface area contributed by atoms with Crippen molar-refractivity contribution in [2.24, 2.45) is 11.8 Å². The maximum atomic E-state index is 12.1. The third kappa shape index (κ3) is 8.27. The van der Waals surface area contributed by atoms with Crippen LogP contribution in [0.2, 0.25) is 0 Å². The second-order valence-corrected chi connectivity index (χ2v) is 6.59. The first-order valence-corrected chi connectivity index (χ1v) is 9.00. The number of allylic oxidation sites excluding steroid dienone is 3. The minimum absolute atomic E-state index is 0.0403. The summed E-state index contributed by atoms with van der Waals surface area (Å²) in [6.07, 6.45) is 12.2. The van der Waals surface area contributed by atoms with E-state index in [2.05, 4.69) is 6.58 Å². The van der Waals surface area contributed by atoms with Crippen molar-refractivity contribution in [1.29, 1.82) is 0 Å². The Morgan fingerprint density at radius 2 is 2.04 bits per heavy atom. The van der Waals surface area contributed by atoms with E-state index >= 15 is 0 Å². The third-order valence-electron chi connectivity index (χ3n) is 4.51. The molecule has 140 valence electrons. The second-order valence-electron chi connectivity index (χ2n) is 6.59. The van der Waals surface area contributed by atoms with Gasteiger partial charge in [0.05, 0.1) is 12.2 Å². The molecule has 0 spiro atoms. The van der Waals surface area contributed by atoms with Gasteiger partial charge in [-0.05, 0) is 38.5 Å². The summed E-state index contributed by atoms with van der Waals surface area (Å²) in [6, 6.07) is 0. The van der Waals surface area contributed by atoms with Gasteiger partial charge in [0, 0.05) is 24.7 Å². The van der Waals surface area contributed by atoms with Crippen LogP contribution in [0, 0.1) is 11.8 Å². The van der Waals surface area contributed by atoms with Crippen molar-refractivity contribution in [2.75, 3.05) is 0 Å². The second kappa shape index (κ2) is 11.8. The molecule has 0 aromatic rings. The Labute approximate surface area is 149 Å². The zero-order valence-corrected chi connectivity index (χ0v) is 14.7. The fourth-order valence-electron chi connectivity index (χ4n) is 3.08. The average Bonchev–Trinajstić information content (AvgIpc) is 2.82. The van der Waals surface area contributed by atoms with Gasteiger partial charge >= 0.3 is 5.97 Å². The molecule has 0 aliphatic heterocycles. The molecule has 5 heteroatoms. The molecule has 1 fully saturated rings. The van der Waals surface area contributed by atoms with Gasteiger partial charge in [0.2, 0.25) is 0 Å². The third-order valence-corrected chi connectivity index (χ3v) is 4.51. The number of carbonyl (C=O) groups is 2. The molecular formula is C20H30O5. The Morgan fingerprint density at radius 1 is 1.28 bits per heavy atom. The van der Waals surface area contributed by atoms with Crippen LogP contribution in [0.15, 0.2) is 37.0 Å². The number of unbranched alkanes of at least 4 members (excludes halogenated alkanes) is 2. The van der Waals surface area contributed by atoms with E-state index in [-0.39, 0.29) is 30.5 Å². The van der Waals surface area contributed by atoms with Gasteiger partial charge in [-0.2, -0.15) is 0 Å². The van der Waals surface area contributed by atoms with E-state index < -0.39 is 18.2 Å². The molecule has 1 saturated carbocycles. The van der Waals surface area contributed by atoms with Gasteiger partial charge in [0.1, 0.15) is 5.78 Å². The van der Waals surface area contributed by atoms with Gasteiger partial charge in [-0.15, -0.1) is 6.58 Å². The summed E-state index contributed by atoms with van der Waals surface area (Å²) in [5.74, 6) is -1.31. The Balaban J connectivity index is 2.49. The Morgan fingerprint density at radius 3 is 2.72 bits per heavy atom. The maximum absolute atomic E-state index is 12.1. The smallest absolute Gasteiger partial charge is 0.303 e. The van der Waals surface area contributed by atoms with Gasteiger partial charge < -0.3 is 15.3 Å². The highest BCUT2D eigenvalue weighted by Crippen LogP contribution is 2.33. The number of aliphatic hydroxyl groups excluding tert-OH is 2. The highest BCUT2D eigenvalue weighted by Gasteiger charge is 2.39. The number of hydrogen-bond acceptors (Lipinski definition) is 4. The molecule has 5 nitrogen and oxygen atoms in total. The molecule has 1 aliphatic carbocycles.